The second-order valence-electron chi connectivity index (χ2n) is 11.9. The summed E-state index contributed by atoms with van der Waals surface area (Å²) in [7, 11) is 0. The van der Waals surface area contributed by atoms with E-state index in [1.54, 1.807) is 0 Å². The van der Waals surface area contributed by atoms with E-state index in [4.69, 9.17) is 9.97 Å². The van der Waals surface area contributed by atoms with Crippen molar-refractivity contribution in [3.63, 3.8) is 0 Å². The molecule has 0 bridgehead atoms. The van der Waals surface area contributed by atoms with Crippen LogP contribution in [0, 0.1) is 12.1 Å². The van der Waals surface area contributed by atoms with E-state index < -0.39 is 0 Å². The molecule has 0 fully saturated rings. The molecular formula is C36H35N3Pt. The fourth-order valence-electron chi connectivity index (χ4n) is 4.47. The number of nitrogens with zero attached hydrogens (tertiary/aromatic N) is 3. The van der Waals surface area contributed by atoms with Crippen molar-refractivity contribution < 1.29 is 21.1 Å². The van der Waals surface area contributed by atoms with Crippen LogP contribution < -0.4 is 4.90 Å². The van der Waals surface area contributed by atoms with Gasteiger partial charge in [0.15, 0.2) is 0 Å². The molecule has 3 aromatic carbocycles. The molecule has 0 amide bonds. The summed E-state index contributed by atoms with van der Waals surface area (Å²) >= 11 is 0. The Morgan fingerprint density at radius 3 is 1.35 bits per heavy atom. The number of para-hydroxylation sites is 1. The smallest absolute Gasteiger partial charge is 0.280 e. The first-order valence-corrected chi connectivity index (χ1v) is 13.4. The third kappa shape index (κ3) is 6.59. The van der Waals surface area contributed by atoms with Crippen molar-refractivity contribution in [2.75, 3.05) is 4.90 Å². The second kappa shape index (κ2) is 11.9. The summed E-state index contributed by atoms with van der Waals surface area (Å²) in [6, 6.07) is 41.9. The molecule has 0 spiro atoms. The number of hydrogen-bond acceptors (Lipinski definition) is 3. The van der Waals surface area contributed by atoms with Crippen molar-refractivity contribution >= 4 is 17.3 Å². The first kappa shape index (κ1) is 29.4. The van der Waals surface area contributed by atoms with Crippen LogP contribution in [0.4, 0.5) is 17.3 Å². The molecule has 5 aromatic rings. The van der Waals surface area contributed by atoms with E-state index in [0.29, 0.717) is 0 Å². The van der Waals surface area contributed by atoms with Gasteiger partial charge in [0.2, 0.25) is 0 Å². The van der Waals surface area contributed by atoms with Gasteiger partial charge < -0.3 is 0 Å². The molecule has 0 atom stereocenters. The van der Waals surface area contributed by atoms with E-state index in [1.165, 1.54) is 11.1 Å². The molecule has 0 saturated carbocycles. The maximum Gasteiger partial charge on any atom is 2.00 e. The molecule has 0 aliphatic carbocycles. The van der Waals surface area contributed by atoms with Crippen LogP contribution in [0.3, 0.4) is 0 Å². The number of aromatic nitrogens is 2. The second-order valence-corrected chi connectivity index (χ2v) is 11.9. The molecule has 0 aliphatic rings. The Balaban J connectivity index is 0.00000370. The number of benzene rings is 3. The molecule has 0 radical (unpaired) electrons. The Morgan fingerprint density at radius 2 is 0.975 bits per heavy atom. The van der Waals surface area contributed by atoms with E-state index in [-0.39, 0.29) is 31.9 Å². The Kier molecular flexibility index (Phi) is 8.76. The van der Waals surface area contributed by atoms with Gasteiger partial charge in [-0.25, -0.2) is 0 Å². The summed E-state index contributed by atoms with van der Waals surface area (Å²) < 4.78 is 0. The number of pyridine rings is 2. The minimum atomic E-state index is -0.0750. The van der Waals surface area contributed by atoms with Gasteiger partial charge in [0.1, 0.15) is 11.6 Å². The average molecular weight is 705 g/mol. The Labute approximate surface area is 253 Å². The van der Waals surface area contributed by atoms with Crippen molar-refractivity contribution in [1.82, 2.24) is 9.97 Å². The van der Waals surface area contributed by atoms with E-state index in [9.17, 15) is 0 Å². The molecule has 3 nitrogen and oxygen atoms in total. The minimum absolute atomic E-state index is 0. The summed E-state index contributed by atoms with van der Waals surface area (Å²) in [5.41, 5.74) is 6.96. The van der Waals surface area contributed by atoms with Crippen molar-refractivity contribution in [3.8, 4) is 22.5 Å². The predicted octanol–water partition coefficient (Wildman–Crippen LogP) is 9.47. The summed E-state index contributed by atoms with van der Waals surface area (Å²) in [6.07, 6.45) is 0. The van der Waals surface area contributed by atoms with E-state index in [2.05, 4.69) is 119 Å². The van der Waals surface area contributed by atoms with Gasteiger partial charge in [0.05, 0.1) is 0 Å². The number of anilines is 3. The van der Waals surface area contributed by atoms with Crippen LogP contribution in [-0.4, -0.2) is 9.97 Å². The number of rotatable bonds is 5. The third-order valence-corrected chi connectivity index (χ3v) is 6.80. The zero-order valence-corrected chi connectivity index (χ0v) is 26.2. The van der Waals surface area contributed by atoms with Crippen molar-refractivity contribution in [3.05, 3.63) is 126 Å². The third-order valence-electron chi connectivity index (χ3n) is 6.80. The van der Waals surface area contributed by atoms with Crippen LogP contribution in [0.15, 0.2) is 103 Å². The minimum Gasteiger partial charge on any atom is -0.280 e. The van der Waals surface area contributed by atoms with Gasteiger partial charge >= 0.3 is 21.1 Å². The Hall–Kier alpha value is -3.55. The molecule has 0 N–H and O–H groups in total. The Bertz CT molecular complexity index is 1450. The fourth-order valence-corrected chi connectivity index (χ4v) is 4.47. The summed E-state index contributed by atoms with van der Waals surface area (Å²) in [5.74, 6) is 1.64. The standard InChI is InChI=1S/C36H35N3.Pt/c1-35(2,3)28-22-31(26-16-10-7-11-17-26)37-33(24-28)39(30-20-14-9-15-21-30)34-25-29(36(4,5)6)23-32(38-34)27-18-12-8-13-19-27;/h7-16,18,20-25H,1-6H3;/q-2;+2. The normalized spacial score (nSPS) is 11.6. The largest absolute Gasteiger partial charge is 2.00 e. The Morgan fingerprint density at radius 1 is 0.550 bits per heavy atom. The molecular weight excluding hydrogens is 669 g/mol. The van der Waals surface area contributed by atoms with E-state index >= 15 is 0 Å². The van der Waals surface area contributed by atoms with E-state index in [1.807, 2.05) is 42.5 Å². The van der Waals surface area contributed by atoms with Crippen LogP contribution in [0.2, 0.25) is 0 Å². The van der Waals surface area contributed by atoms with Gasteiger partial charge in [0.25, 0.3) is 0 Å². The van der Waals surface area contributed by atoms with Crippen molar-refractivity contribution in [2.45, 2.75) is 52.4 Å². The predicted molar refractivity (Wildman–Crippen MR) is 163 cm³/mol. The van der Waals surface area contributed by atoms with Crippen LogP contribution in [0.25, 0.3) is 22.5 Å². The van der Waals surface area contributed by atoms with Crippen LogP contribution in [-0.2, 0) is 31.9 Å². The van der Waals surface area contributed by atoms with Crippen LogP contribution >= 0.6 is 0 Å². The number of hydrogen-bond donors (Lipinski definition) is 0. The molecule has 204 valence electrons. The monoisotopic (exact) mass is 704 g/mol. The van der Waals surface area contributed by atoms with Crippen molar-refractivity contribution in [2.24, 2.45) is 0 Å². The topological polar surface area (TPSA) is 29.0 Å². The van der Waals surface area contributed by atoms with Gasteiger partial charge in [0, 0.05) is 5.69 Å². The zero-order valence-electron chi connectivity index (χ0n) is 24.0. The molecule has 5 rings (SSSR count). The SMILES string of the molecule is CC(C)(C)c1cc(-c2[c-]cccc2)nc(N(c2ccccc2)c2cc(C(C)(C)C)cc(-c3[c-]cccc3)n2)c1.[Pt+2]. The molecule has 2 aromatic heterocycles. The van der Waals surface area contributed by atoms with Gasteiger partial charge in [-0.1, -0.05) is 71.9 Å². The average Bonchev–Trinajstić information content (AvgIpc) is 2.93. The fraction of sp³-hybridized carbons (Fsp3) is 0.222. The maximum atomic E-state index is 5.21. The maximum absolute atomic E-state index is 5.21. The molecule has 40 heavy (non-hydrogen) atoms. The van der Waals surface area contributed by atoms with Crippen molar-refractivity contribution in [1.29, 1.82) is 0 Å². The molecule has 0 aliphatic heterocycles. The zero-order chi connectivity index (χ0) is 27.6. The van der Waals surface area contributed by atoms with E-state index in [0.717, 1.165) is 39.8 Å². The quantitative estimate of drug-likeness (QED) is 0.171. The first-order valence-electron chi connectivity index (χ1n) is 13.4. The van der Waals surface area contributed by atoms with Gasteiger partial charge in [-0.2, -0.15) is 0 Å². The van der Waals surface area contributed by atoms with Crippen LogP contribution in [0.5, 0.6) is 0 Å². The van der Waals surface area contributed by atoms with Crippen LogP contribution in [0.1, 0.15) is 52.7 Å². The molecule has 4 heteroatoms. The summed E-state index contributed by atoms with van der Waals surface area (Å²) in [5, 5.41) is 0. The molecule has 2 heterocycles. The molecule has 0 saturated heterocycles. The molecule has 0 unspecified atom stereocenters. The van der Waals surface area contributed by atoms with Gasteiger partial charge in [-0.15, -0.1) is 71.8 Å². The van der Waals surface area contributed by atoms with Gasteiger partial charge in [-0.3, -0.25) is 14.9 Å². The first-order chi connectivity index (χ1) is 18.6. The summed E-state index contributed by atoms with van der Waals surface area (Å²) in [4.78, 5) is 12.6. The summed E-state index contributed by atoms with van der Waals surface area (Å²) in [6.45, 7) is 13.4. The van der Waals surface area contributed by atoms with Gasteiger partial charge in [-0.05, 0) is 57.6 Å².